The first-order chi connectivity index (χ1) is 15.4. The topological polar surface area (TPSA) is 151 Å². The van der Waals surface area contributed by atoms with Crippen LogP contribution < -0.4 is 10.1 Å². The number of allylic oxidation sites excluding steroid dienone is 1. The zero-order valence-corrected chi connectivity index (χ0v) is 16.9. The molecule has 1 atom stereocenters. The maximum atomic E-state index is 13.6. The summed E-state index contributed by atoms with van der Waals surface area (Å²) in [7, 11) is 2.71. The monoisotopic (exact) mass is 436 g/mol. The van der Waals surface area contributed by atoms with Gasteiger partial charge in [0.1, 0.15) is 17.5 Å². The van der Waals surface area contributed by atoms with Gasteiger partial charge in [0, 0.05) is 17.7 Å². The van der Waals surface area contributed by atoms with Crippen LogP contribution in [0.25, 0.3) is 0 Å². The first-order valence-electron chi connectivity index (χ1n) is 9.25. The molecule has 3 aromatic rings. The van der Waals surface area contributed by atoms with E-state index in [4.69, 9.17) is 9.47 Å². The summed E-state index contributed by atoms with van der Waals surface area (Å²) >= 11 is 0. The highest BCUT2D eigenvalue weighted by Gasteiger charge is 2.38. The van der Waals surface area contributed by atoms with Crippen LogP contribution in [-0.4, -0.2) is 51.1 Å². The number of carbonyl (C=O) groups excluding carboxylic acids is 2. The normalized spacial score (nSPS) is 14.9. The lowest BCUT2D eigenvalue weighted by molar-refractivity contribution is -0.384. The Morgan fingerprint density at radius 1 is 1.09 bits per heavy atom. The molecule has 1 aliphatic heterocycles. The number of nitrogens with one attached hydrogen (secondary N) is 1. The van der Waals surface area contributed by atoms with Gasteiger partial charge in [-0.15, -0.1) is 0 Å². The van der Waals surface area contributed by atoms with Gasteiger partial charge >= 0.3 is 5.97 Å². The van der Waals surface area contributed by atoms with Crippen LogP contribution in [0.4, 0.5) is 11.6 Å². The molecule has 0 aliphatic carbocycles. The molecule has 0 amide bonds. The first-order valence-corrected chi connectivity index (χ1v) is 9.25. The van der Waals surface area contributed by atoms with Gasteiger partial charge in [0.15, 0.2) is 5.78 Å². The zero-order valence-electron chi connectivity index (χ0n) is 16.9. The molecule has 2 heterocycles. The summed E-state index contributed by atoms with van der Waals surface area (Å²) in [4.78, 5) is 36.6. The van der Waals surface area contributed by atoms with E-state index >= 15 is 0 Å². The van der Waals surface area contributed by atoms with Crippen molar-refractivity contribution in [2.45, 2.75) is 6.04 Å². The van der Waals surface area contributed by atoms with Crippen molar-refractivity contribution in [3.8, 4) is 5.75 Å². The number of methoxy groups -OCH3 is 2. The lowest BCUT2D eigenvalue weighted by Gasteiger charge is -2.28. The summed E-state index contributed by atoms with van der Waals surface area (Å²) in [6.45, 7) is 0. The number of fused-ring (bicyclic) bond motifs is 1. The lowest BCUT2D eigenvalue weighted by Crippen LogP contribution is -2.32. The van der Waals surface area contributed by atoms with Gasteiger partial charge in [-0.3, -0.25) is 14.9 Å². The van der Waals surface area contributed by atoms with E-state index in [2.05, 4.69) is 20.8 Å². The van der Waals surface area contributed by atoms with Crippen LogP contribution in [0.3, 0.4) is 0 Å². The standard InChI is InChI=1S/C20H16N6O6/c1-31-14-9-5-11(6-10-14)17-15(18(27)12-3-7-13(8-4-12)26(29)30)16(19(28)32-2)21-20-22-23-24-25(17)20/h3-10,17H,1-2H3,(H,21,22,24)/t17-/m1/s1. The second-order valence-corrected chi connectivity index (χ2v) is 6.66. The number of rotatable bonds is 6. The van der Waals surface area contributed by atoms with Crippen LogP contribution in [0.5, 0.6) is 5.75 Å². The van der Waals surface area contributed by atoms with Gasteiger partial charge < -0.3 is 14.8 Å². The van der Waals surface area contributed by atoms with Crippen molar-refractivity contribution in [1.82, 2.24) is 20.2 Å². The number of benzene rings is 2. The predicted molar refractivity (Wildman–Crippen MR) is 109 cm³/mol. The number of ether oxygens (including phenoxy) is 2. The van der Waals surface area contributed by atoms with Crippen molar-refractivity contribution in [1.29, 1.82) is 0 Å². The second kappa shape index (κ2) is 8.26. The number of carbonyl (C=O) groups is 2. The summed E-state index contributed by atoms with van der Waals surface area (Å²) in [6, 6.07) is 11.0. The molecule has 0 unspecified atom stereocenters. The highest BCUT2D eigenvalue weighted by molar-refractivity contribution is 6.15. The molecular weight excluding hydrogens is 420 g/mol. The molecule has 4 rings (SSSR count). The Morgan fingerprint density at radius 2 is 1.78 bits per heavy atom. The Kier molecular flexibility index (Phi) is 5.33. The molecule has 0 spiro atoms. The Labute approximate surface area is 180 Å². The number of anilines is 1. The molecule has 0 saturated heterocycles. The summed E-state index contributed by atoms with van der Waals surface area (Å²) < 4.78 is 11.4. The van der Waals surface area contributed by atoms with Crippen molar-refractivity contribution in [3.63, 3.8) is 0 Å². The van der Waals surface area contributed by atoms with E-state index in [0.717, 1.165) is 0 Å². The summed E-state index contributed by atoms with van der Waals surface area (Å²) in [5, 5.41) is 25.2. The number of ketones is 1. The number of Topliss-reactive ketones (excluding diaryl/α,β-unsaturated/α-hetero) is 1. The zero-order chi connectivity index (χ0) is 22.8. The summed E-state index contributed by atoms with van der Waals surface area (Å²) in [5.41, 5.74) is 0.478. The molecule has 0 fully saturated rings. The van der Waals surface area contributed by atoms with Gasteiger partial charge in [-0.2, -0.15) is 4.68 Å². The quantitative estimate of drug-likeness (QED) is 0.262. The fraction of sp³-hybridized carbons (Fsp3) is 0.150. The number of nitro benzene ring substituents is 1. The van der Waals surface area contributed by atoms with Gasteiger partial charge in [0.2, 0.25) is 5.95 Å². The van der Waals surface area contributed by atoms with E-state index < -0.39 is 22.7 Å². The molecule has 1 N–H and O–H groups in total. The Hall–Kier alpha value is -4.61. The van der Waals surface area contributed by atoms with Crippen molar-refractivity contribution in [3.05, 3.63) is 81.0 Å². The lowest BCUT2D eigenvalue weighted by atomic mass is 9.89. The van der Waals surface area contributed by atoms with Crippen LogP contribution in [0.1, 0.15) is 22.0 Å². The Bertz CT molecular complexity index is 1230. The molecular formula is C20H16N6O6. The van der Waals surface area contributed by atoms with Crippen molar-refractivity contribution >= 4 is 23.4 Å². The average molecular weight is 436 g/mol. The van der Waals surface area contributed by atoms with Gasteiger partial charge in [-0.25, -0.2) is 4.79 Å². The number of hydrogen-bond donors (Lipinski definition) is 1. The minimum Gasteiger partial charge on any atom is -0.497 e. The number of esters is 1. The highest BCUT2D eigenvalue weighted by atomic mass is 16.6. The van der Waals surface area contributed by atoms with E-state index in [1.165, 1.54) is 43.2 Å². The van der Waals surface area contributed by atoms with Gasteiger partial charge in [0.25, 0.3) is 5.69 Å². The third kappa shape index (κ3) is 3.53. The van der Waals surface area contributed by atoms with Crippen LogP contribution in [0.2, 0.25) is 0 Å². The SMILES string of the molecule is COC(=O)C1=C(C(=O)c2ccc([N+](=O)[O-])cc2)[C@@H](c2ccc(OC)cc2)n2nnnc2N1. The van der Waals surface area contributed by atoms with E-state index in [1.807, 2.05) is 0 Å². The molecule has 0 radical (unpaired) electrons. The molecule has 2 aromatic carbocycles. The van der Waals surface area contributed by atoms with E-state index in [9.17, 15) is 19.7 Å². The maximum absolute atomic E-state index is 13.6. The summed E-state index contributed by atoms with van der Waals surface area (Å²) in [5.74, 6) is -0.593. The fourth-order valence-electron chi connectivity index (χ4n) is 3.37. The fourth-order valence-corrected chi connectivity index (χ4v) is 3.37. The van der Waals surface area contributed by atoms with Crippen LogP contribution in [-0.2, 0) is 9.53 Å². The predicted octanol–water partition coefficient (Wildman–Crippen LogP) is 1.91. The number of tetrazole rings is 1. The van der Waals surface area contributed by atoms with E-state index in [1.54, 1.807) is 24.3 Å². The number of non-ortho nitro benzene ring substituents is 1. The molecule has 0 bridgehead atoms. The number of hydrogen-bond acceptors (Lipinski definition) is 10. The van der Waals surface area contributed by atoms with Gasteiger partial charge in [0.05, 0.1) is 24.7 Å². The van der Waals surface area contributed by atoms with E-state index in [-0.39, 0.29) is 28.5 Å². The molecule has 1 aliphatic rings. The largest absolute Gasteiger partial charge is 0.497 e. The minimum atomic E-state index is -0.871. The minimum absolute atomic E-state index is 0.0238. The number of nitrogens with zero attached hydrogens (tertiary/aromatic N) is 5. The van der Waals surface area contributed by atoms with Gasteiger partial charge in [-0.1, -0.05) is 17.2 Å². The van der Waals surface area contributed by atoms with Crippen molar-refractivity contribution < 1.29 is 24.0 Å². The van der Waals surface area contributed by atoms with Crippen LogP contribution in [0.15, 0.2) is 59.8 Å². The van der Waals surface area contributed by atoms with E-state index in [0.29, 0.717) is 11.3 Å². The smallest absolute Gasteiger partial charge is 0.355 e. The maximum Gasteiger partial charge on any atom is 0.355 e. The van der Waals surface area contributed by atoms with Crippen LogP contribution in [0, 0.1) is 10.1 Å². The molecule has 1 aromatic heterocycles. The first kappa shape index (κ1) is 20.7. The molecule has 0 saturated carbocycles. The molecule has 12 heteroatoms. The number of nitro groups is 1. The molecule has 32 heavy (non-hydrogen) atoms. The van der Waals surface area contributed by atoms with Crippen LogP contribution >= 0.6 is 0 Å². The van der Waals surface area contributed by atoms with Gasteiger partial charge in [-0.05, 0) is 40.3 Å². The van der Waals surface area contributed by atoms with Crippen molar-refractivity contribution in [2.75, 3.05) is 19.5 Å². The average Bonchev–Trinajstić information content (AvgIpc) is 3.30. The second-order valence-electron chi connectivity index (χ2n) is 6.66. The Morgan fingerprint density at radius 3 is 2.38 bits per heavy atom. The van der Waals surface area contributed by atoms with Crippen molar-refractivity contribution in [2.24, 2.45) is 0 Å². The highest BCUT2D eigenvalue weighted by Crippen LogP contribution is 2.37. The third-order valence-corrected chi connectivity index (χ3v) is 4.92. The Balaban J connectivity index is 1.89. The summed E-state index contributed by atoms with van der Waals surface area (Å²) in [6.07, 6.45) is 0. The number of aromatic nitrogens is 4. The molecule has 12 nitrogen and oxygen atoms in total. The molecule has 162 valence electrons. The third-order valence-electron chi connectivity index (χ3n) is 4.92.